The largest absolute Gasteiger partial charge is 0.352 e. The standard InChI is InChI=1S/C18H26N4O2/c23-17(20-16-7-4-10-19-13-16)14-8-11-22(12-9-14)18(24)21-15-5-2-1-3-6-15/h1-3,5-6,14,16,19H,4,7-13H2,(H,20,23)(H,21,24)/t16-/m0/s1. The molecular weight excluding hydrogens is 304 g/mol. The Bertz CT molecular complexity index is 549. The Labute approximate surface area is 143 Å². The summed E-state index contributed by atoms with van der Waals surface area (Å²) in [6.07, 6.45) is 3.63. The van der Waals surface area contributed by atoms with E-state index in [0.29, 0.717) is 13.1 Å². The number of hydrogen-bond donors (Lipinski definition) is 3. The lowest BCUT2D eigenvalue weighted by atomic mass is 9.95. The Kier molecular flexibility index (Phi) is 5.69. The van der Waals surface area contributed by atoms with E-state index in [1.54, 1.807) is 4.90 Å². The summed E-state index contributed by atoms with van der Waals surface area (Å²) in [6.45, 7) is 3.16. The van der Waals surface area contributed by atoms with Gasteiger partial charge in [0.25, 0.3) is 0 Å². The average Bonchev–Trinajstić information content (AvgIpc) is 2.63. The number of nitrogens with zero attached hydrogens (tertiary/aromatic N) is 1. The number of urea groups is 1. The number of rotatable bonds is 3. The van der Waals surface area contributed by atoms with Crippen LogP contribution in [0.5, 0.6) is 0 Å². The van der Waals surface area contributed by atoms with Crippen LogP contribution in [0.15, 0.2) is 30.3 Å². The second-order valence-electron chi connectivity index (χ2n) is 6.61. The van der Waals surface area contributed by atoms with Gasteiger partial charge in [0.15, 0.2) is 0 Å². The summed E-state index contributed by atoms with van der Waals surface area (Å²) < 4.78 is 0. The summed E-state index contributed by atoms with van der Waals surface area (Å²) >= 11 is 0. The smallest absolute Gasteiger partial charge is 0.321 e. The lowest BCUT2D eigenvalue weighted by Crippen LogP contribution is -2.50. The molecule has 24 heavy (non-hydrogen) atoms. The number of nitrogens with one attached hydrogen (secondary N) is 3. The maximum atomic E-state index is 12.4. The van der Waals surface area contributed by atoms with Crippen LogP contribution in [-0.4, -0.2) is 49.1 Å². The summed E-state index contributed by atoms with van der Waals surface area (Å²) in [5.41, 5.74) is 0.798. The molecule has 2 aliphatic rings. The summed E-state index contributed by atoms with van der Waals surface area (Å²) in [4.78, 5) is 26.4. The Hall–Kier alpha value is -2.08. The number of benzene rings is 1. The monoisotopic (exact) mass is 330 g/mol. The molecule has 0 aromatic heterocycles. The first kappa shape index (κ1) is 16.8. The van der Waals surface area contributed by atoms with Gasteiger partial charge in [0.2, 0.25) is 5.91 Å². The van der Waals surface area contributed by atoms with Gasteiger partial charge in [-0.05, 0) is 44.4 Å². The van der Waals surface area contributed by atoms with Crippen LogP contribution < -0.4 is 16.0 Å². The normalized spacial score (nSPS) is 22.0. The van der Waals surface area contributed by atoms with Crippen LogP contribution in [0, 0.1) is 5.92 Å². The van der Waals surface area contributed by atoms with Gasteiger partial charge in [-0.1, -0.05) is 18.2 Å². The molecule has 6 heteroatoms. The fourth-order valence-corrected chi connectivity index (χ4v) is 3.36. The van der Waals surface area contributed by atoms with Gasteiger partial charge in [0.05, 0.1) is 0 Å². The van der Waals surface area contributed by atoms with Crippen LogP contribution in [-0.2, 0) is 4.79 Å². The molecule has 1 aromatic rings. The molecular formula is C18H26N4O2. The van der Waals surface area contributed by atoms with Crippen molar-refractivity contribution in [3.8, 4) is 0 Å². The molecule has 2 fully saturated rings. The van der Waals surface area contributed by atoms with Crippen molar-refractivity contribution in [2.24, 2.45) is 5.92 Å². The van der Waals surface area contributed by atoms with Crippen molar-refractivity contribution in [2.75, 3.05) is 31.5 Å². The first-order valence-electron chi connectivity index (χ1n) is 8.84. The molecule has 2 heterocycles. The van der Waals surface area contributed by atoms with Crippen molar-refractivity contribution >= 4 is 17.6 Å². The van der Waals surface area contributed by atoms with Gasteiger partial charge in [-0.2, -0.15) is 0 Å². The summed E-state index contributed by atoms with van der Waals surface area (Å²) in [6, 6.07) is 9.62. The van der Waals surface area contributed by atoms with Crippen molar-refractivity contribution in [1.82, 2.24) is 15.5 Å². The maximum Gasteiger partial charge on any atom is 0.321 e. The number of carbonyl (C=O) groups is 2. The number of hydrogen-bond acceptors (Lipinski definition) is 3. The van der Waals surface area contributed by atoms with Crippen molar-refractivity contribution in [2.45, 2.75) is 31.7 Å². The molecule has 3 N–H and O–H groups in total. The predicted octanol–water partition coefficient (Wildman–Crippen LogP) is 1.80. The van der Waals surface area contributed by atoms with Crippen molar-refractivity contribution in [3.05, 3.63) is 30.3 Å². The Morgan fingerprint density at radius 2 is 1.83 bits per heavy atom. The van der Waals surface area contributed by atoms with E-state index in [-0.39, 0.29) is 23.9 Å². The molecule has 1 aromatic carbocycles. The van der Waals surface area contributed by atoms with E-state index in [9.17, 15) is 9.59 Å². The van der Waals surface area contributed by atoms with E-state index in [1.165, 1.54) is 0 Å². The molecule has 3 amide bonds. The van der Waals surface area contributed by atoms with Crippen LogP contribution in [0.25, 0.3) is 0 Å². The van der Waals surface area contributed by atoms with E-state index >= 15 is 0 Å². The Morgan fingerprint density at radius 3 is 2.50 bits per heavy atom. The third-order valence-corrected chi connectivity index (χ3v) is 4.82. The average molecular weight is 330 g/mol. The highest BCUT2D eigenvalue weighted by Crippen LogP contribution is 2.19. The molecule has 0 bridgehead atoms. The molecule has 0 spiro atoms. The lowest BCUT2D eigenvalue weighted by Gasteiger charge is -2.33. The van der Waals surface area contributed by atoms with Crippen molar-refractivity contribution < 1.29 is 9.59 Å². The molecule has 0 saturated carbocycles. The van der Waals surface area contributed by atoms with Gasteiger partial charge in [-0.3, -0.25) is 4.79 Å². The highest BCUT2D eigenvalue weighted by Gasteiger charge is 2.28. The number of carbonyl (C=O) groups excluding carboxylic acids is 2. The van der Waals surface area contributed by atoms with Crippen molar-refractivity contribution in [3.63, 3.8) is 0 Å². The number of amides is 3. The molecule has 1 atom stereocenters. The molecule has 6 nitrogen and oxygen atoms in total. The van der Waals surface area contributed by atoms with E-state index in [1.807, 2.05) is 30.3 Å². The SMILES string of the molecule is O=C(N[C@H]1CCCNC1)C1CCN(C(=O)Nc2ccccc2)CC1. The molecule has 0 radical (unpaired) electrons. The van der Waals surface area contributed by atoms with E-state index < -0.39 is 0 Å². The van der Waals surface area contributed by atoms with Gasteiger partial charge >= 0.3 is 6.03 Å². The highest BCUT2D eigenvalue weighted by molar-refractivity contribution is 5.89. The third kappa shape index (κ3) is 4.47. The van der Waals surface area contributed by atoms with Gasteiger partial charge in [0, 0.05) is 37.3 Å². The minimum Gasteiger partial charge on any atom is -0.352 e. The molecule has 0 aliphatic carbocycles. The first-order valence-corrected chi connectivity index (χ1v) is 8.84. The maximum absolute atomic E-state index is 12.4. The van der Waals surface area contributed by atoms with E-state index in [4.69, 9.17) is 0 Å². The topological polar surface area (TPSA) is 73.5 Å². The number of likely N-dealkylation sites (tertiary alicyclic amines) is 1. The number of piperidine rings is 2. The summed E-state index contributed by atoms with van der Waals surface area (Å²) in [5.74, 6) is 0.166. The lowest BCUT2D eigenvalue weighted by molar-refractivity contribution is -0.127. The minimum absolute atomic E-state index is 0.0210. The first-order chi connectivity index (χ1) is 11.7. The van der Waals surface area contributed by atoms with Gasteiger partial charge in [0.1, 0.15) is 0 Å². The van der Waals surface area contributed by atoms with Crippen LogP contribution in [0.4, 0.5) is 10.5 Å². The highest BCUT2D eigenvalue weighted by atomic mass is 16.2. The molecule has 2 aliphatic heterocycles. The number of anilines is 1. The molecule has 3 rings (SSSR count). The second-order valence-corrected chi connectivity index (χ2v) is 6.61. The van der Waals surface area contributed by atoms with E-state index in [2.05, 4.69) is 16.0 Å². The molecule has 2 saturated heterocycles. The van der Waals surface area contributed by atoms with E-state index in [0.717, 1.165) is 44.5 Å². The zero-order chi connectivity index (χ0) is 16.8. The van der Waals surface area contributed by atoms with Crippen molar-refractivity contribution in [1.29, 1.82) is 0 Å². The quantitative estimate of drug-likeness (QED) is 0.791. The zero-order valence-corrected chi connectivity index (χ0v) is 14.0. The van der Waals surface area contributed by atoms with Crippen LogP contribution in [0.1, 0.15) is 25.7 Å². The van der Waals surface area contributed by atoms with Crippen LogP contribution in [0.2, 0.25) is 0 Å². The molecule has 130 valence electrons. The van der Waals surface area contributed by atoms with Gasteiger partial charge in [-0.25, -0.2) is 4.79 Å². The zero-order valence-electron chi connectivity index (χ0n) is 14.0. The van der Waals surface area contributed by atoms with Crippen LogP contribution in [0.3, 0.4) is 0 Å². The fourth-order valence-electron chi connectivity index (χ4n) is 3.36. The molecule has 0 unspecified atom stereocenters. The summed E-state index contributed by atoms with van der Waals surface area (Å²) in [5, 5.41) is 9.36. The second kappa shape index (κ2) is 8.15. The van der Waals surface area contributed by atoms with Gasteiger partial charge in [-0.15, -0.1) is 0 Å². The van der Waals surface area contributed by atoms with Gasteiger partial charge < -0.3 is 20.9 Å². The predicted molar refractivity (Wildman–Crippen MR) is 93.8 cm³/mol. The minimum atomic E-state index is -0.0865. The Balaban J connectivity index is 1.43. The number of para-hydroxylation sites is 1. The summed E-state index contributed by atoms with van der Waals surface area (Å²) in [7, 11) is 0. The third-order valence-electron chi connectivity index (χ3n) is 4.82. The fraction of sp³-hybridized carbons (Fsp3) is 0.556. The van der Waals surface area contributed by atoms with Crippen LogP contribution >= 0.6 is 0 Å². The Morgan fingerprint density at radius 1 is 1.08 bits per heavy atom.